The Morgan fingerprint density at radius 3 is 2.39 bits per heavy atom. The van der Waals surface area contributed by atoms with E-state index in [1.54, 1.807) is 31.2 Å². The minimum atomic E-state index is -0.587. The molecule has 1 N–H and O–H groups in total. The lowest BCUT2D eigenvalue weighted by Crippen LogP contribution is -2.30. The number of anilines is 1. The summed E-state index contributed by atoms with van der Waals surface area (Å²) in [5, 5.41) is 3.50. The van der Waals surface area contributed by atoms with Crippen LogP contribution >= 0.6 is 11.6 Å². The normalized spacial score (nSPS) is 11.8. The molecule has 0 aliphatic heterocycles. The first-order chi connectivity index (χ1) is 11.1. The SMILES string of the molecule is CCCCc1ccc(NC(=O)[C@H](C)Oc2ccc(Cl)cc2)cc1. The van der Waals surface area contributed by atoms with Gasteiger partial charge in [0.1, 0.15) is 5.75 Å². The van der Waals surface area contributed by atoms with Crippen LogP contribution in [-0.2, 0) is 11.2 Å². The highest BCUT2D eigenvalue weighted by atomic mass is 35.5. The number of nitrogens with one attached hydrogen (secondary N) is 1. The van der Waals surface area contributed by atoms with Crippen molar-refractivity contribution in [3.05, 3.63) is 59.1 Å². The van der Waals surface area contributed by atoms with E-state index in [1.807, 2.05) is 12.1 Å². The van der Waals surface area contributed by atoms with Gasteiger partial charge in [-0.2, -0.15) is 0 Å². The Balaban J connectivity index is 1.88. The second-order valence-electron chi connectivity index (χ2n) is 5.50. The van der Waals surface area contributed by atoms with Gasteiger partial charge in [-0.1, -0.05) is 37.1 Å². The second-order valence-corrected chi connectivity index (χ2v) is 5.94. The number of carbonyl (C=O) groups is 1. The number of carbonyl (C=O) groups excluding carboxylic acids is 1. The van der Waals surface area contributed by atoms with E-state index in [4.69, 9.17) is 16.3 Å². The largest absolute Gasteiger partial charge is 0.481 e. The number of ether oxygens (including phenoxy) is 1. The Morgan fingerprint density at radius 1 is 1.13 bits per heavy atom. The monoisotopic (exact) mass is 331 g/mol. The maximum absolute atomic E-state index is 12.2. The van der Waals surface area contributed by atoms with Crippen molar-refractivity contribution in [2.24, 2.45) is 0 Å². The van der Waals surface area contributed by atoms with Crippen LogP contribution in [0.5, 0.6) is 5.75 Å². The van der Waals surface area contributed by atoms with E-state index in [2.05, 4.69) is 24.4 Å². The number of hydrogen-bond donors (Lipinski definition) is 1. The Morgan fingerprint density at radius 2 is 1.78 bits per heavy atom. The highest BCUT2D eigenvalue weighted by Crippen LogP contribution is 2.18. The number of benzene rings is 2. The van der Waals surface area contributed by atoms with Gasteiger partial charge in [-0.05, 0) is 61.7 Å². The van der Waals surface area contributed by atoms with Gasteiger partial charge >= 0.3 is 0 Å². The second kappa shape index (κ2) is 8.59. The van der Waals surface area contributed by atoms with Crippen molar-refractivity contribution in [3.8, 4) is 5.75 Å². The Labute approximate surface area is 142 Å². The minimum Gasteiger partial charge on any atom is -0.481 e. The van der Waals surface area contributed by atoms with Crippen LogP contribution in [0.4, 0.5) is 5.69 Å². The highest BCUT2D eigenvalue weighted by molar-refractivity contribution is 6.30. The fourth-order valence-electron chi connectivity index (χ4n) is 2.15. The number of rotatable bonds is 7. The van der Waals surface area contributed by atoms with E-state index in [-0.39, 0.29) is 5.91 Å². The van der Waals surface area contributed by atoms with E-state index in [0.717, 1.165) is 12.1 Å². The lowest BCUT2D eigenvalue weighted by molar-refractivity contribution is -0.122. The molecule has 3 nitrogen and oxygen atoms in total. The van der Waals surface area contributed by atoms with Gasteiger partial charge in [0.15, 0.2) is 6.10 Å². The molecule has 0 saturated heterocycles. The fourth-order valence-corrected chi connectivity index (χ4v) is 2.28. The first-order valence-electron chi connectivity index (χ1n) is 7.90. The van der Waals surface area contributed by atoms with Gasteiger partial charge in [0.25, 0.3) is 5.91 Å². The molecule has 0 bridgehead atoms. The third-order valence-corrected chi connectivity index (χ3v) is 3.79. The summed E-state index contributed by atoms with van der Waals surface area (Å²) in [6, 6.07) is 14.9. The molecule has 0 aliphatic carbocycles. The molecule has 1 amide bonds. The van der Waals surface area contributed by atoms with E-state index in [9.17, 15) is 4.79 Å². The standard InChI is InChI=1S/C19H22ClNO2/c1-3-4-5-15-6-10-17(11-7-15)21-19(22)14(2)23-18-12-8-16(20)9-13-18/h6-14H,3-5H2,1-2H3,(H,21,22)/t14-/m0/s1. The van der Waals surface area contributed by atoms with Crippen LogP contribution in [0.3, 0.4) is 0 Å². The summed E-state index contributed by atoms with van der Waals surface area (Å²) in [4.78, 5) is 12.2. The Kier molecular flexibility index (Phi) is 6.48. The van der Waals surface area contributed by atoms with Gasteiger partial charge in [-0.25, -0.2) is 0 Å². The van der Waals surface area contributed by atoms with E-state index in [0.29, 0.717) is 10.8 Å². The topological polar surface area (TPSA) is 38.3 Å². The number of aryl methyl sites for hydroxylation is 1. The number of amides is 1. The van der Waals surface area contributed by atoms with Crippen molar-refractivity contribution in [3.63, 3.8) is 0 Å². The van der Waals surface area contributed by atoms with E-state index >= 15 is 0 Å². The molecule has 0 radical (unpaired) electrons. The van der Waals surface area contributed by atoms with E-state index < -0.39 is 6.10 Å². The van der Waals surface area contributed by atoms with Crippen LogP contribution in [-0.4, -0.2) is 12.0 Å². The summed E-state index contributed by atoms with van der Waals surface area (Å²) in [7, 11) is 0. The van der Waals surface area contributed by atoms with Gasteiger partial charge in [-0.3, -0.25) is 4.79 Å². The average molecular weight is 332 g/mol. The molecule has 0 fully saturated rings. The molecule has 0 aromatic heterocycles. The van der Waals surface area contributed by atoms with Gasteiger partial charge in [0.05, 0.1) is 0 Å². The molecule has 0 aliphatic rings. The molecule has 0 unspecified atom stereocenters. The van der Waals surface area contributed by atoms with Crippen molar-refractivity contribution >= 4 is 23.2 Å². The Bertz CT molecular complexity index is 623. The van der Waals surface area contributed by atoms with Crippen molar-refractivity contribution < 1.29 is 9.53 Å². The molecule has 0 spiro atoms. The first kappa shape index (κ1) is 17.4. The van der Waals surface area contributed by atoms with Crippen LogP contribution < -0.4 is 10.1 Å². The van der Waals surface area contributed by atoms with Crippen molar-refractivity contribution in [2.45, 2.75) is 39.2 Å². The molecule has 1 atom stereocenters. The van der Waals surface area contributed by atoms with Gasteiger partial charge in [0.2, 0.25) is 0 Å². The lowest BCUT2D eigenvalue weighted by atomic mass is 10.1. The zero-order valence-corrected chi connectivity index (χ0v) is 14.3. The van der Waals surface area contributed by atoms with Crippen molar-refractivity contribution in [1.29, 1.82) is 0 Å². The smallest absolute Gasteiger partial charge is 0.265 e. The van der Waals surface area contributed by atoms with Gasteiger partial charge < -0.3 is 10.1 Å². The third-order valence-electron chi connectivity index (χ3n) is 3.54. The van der Waals surface area contributed by atoms with Crippen LogP contribution in [0.2, 0.25) is 5.02 Å². The molecular weight excluding hydrogens is 310 g/mol. The summed E-state index contributed by atoms with van der Waals surface area (Å²) < 4.78 is 5.61. The van der Waals surface area contributed by atoms with E-state index in [1.165, 1.54) is 18.4 Å². The highest BCUT2D eigenvalue weighted by Gasteiger charge is 2.14. The number of hydrogen-bond acceptors (Lipinski definition) is 2. The molecule has 2 aromatic carbocycles. The number of halogens is 1. The minimum absolute atomic E-state index is 0.179. The fraction of sp³-hybridized carbons (Fsp3) is 0.316. The third kappa shape index (κ3) is 5.61. The van der Waals surface area contributed by atoms with Gasteiger partial charge in [0, 0.05) is 10.7 Å². The predicted molar refractivity (Wildman–Crippen MR) is 95.2 cm³/mol. The van der Waals surface area contributed by atoms with Crippen molar-refractivity contribution in [2.75, 3.05) is 5.32 Å². The van der Waals surface area contributed by atoms with Crippen LogP contribution in [0.1, 0.15) is 32.3 Å². The zero-order valence-electron chi connectivity index (χ0n) is 13.5. The van der Waals surface area contributed by atoms with Crippen LogP contribution in [0, 0.1) is 0 Å². The molecule has 122 valence electrons. The molecule has 4 heteroatoms. The summed E-state index contributed by atoms with van der Waals surface area (Å²) >= 11 is 5.83. The molecule has 2 rings (SSSR count). The Hall–Kier alpha value is -2.00. The number of unbranched alkanes of at least 4 members (excludes halogenated alkanes) is 1. The predicted octanol–water partition coefficient (Wildman–Crippen LogP) is 5.09. The lowest BCUT2D eigenvalue weighted by Gasteiger charge is -2.15. The molecule has 23 heavy (non-hydrogen) atoms. The average Bonchev–Trinajstić information content (AvgIpc) is 2.56. The summed E-state index contributed by atoms with van der Waals surface area (Å²) in [5.41, 5.74) is 2.07. The summed E-state index contributed by atoms with van der Waals surface area (Å²) in [6.07, 6.45) is 2.84. The molecule has 2 aromatic rings. The quantitative estimate of drug-likeness (QED) is 0.767. The maximum Gasteiger partial charge on any atom is 0.265 e. The van der Waals surface area contributed by atoms with Crippen LogP contribution in [0.25, 0.3) is 0 Å². The first-order valence-corrected chi connectivity index (χ1v) is 8.28. The molecule has 0 saturated carbocycles. The van der Waals surface area contributed by atoms with Crippen LogP contribution in [0.15, 0.2) is 48.5 Å². The maximum atomic E-state index is 12.2. The molecular formula is C19H22ClNO2. The summed E-state index contributed by atoms with van der Waals surface area (Å²) in [6.45, 7) is 3.90. The van der Waals surface area contributed by atoms with Gasteiger partial charge in [-0.15, -0.1) is 0 Å². The zero-order chi connectivity index (χ0) is 16.7. The summed E-state index contributed by atoms with van der Waals surface area (Å²) in [5.74, 6) is 0.438. The van der Waals surface area contributed by atoms with Crippen molar-refractivity contribution in [1.82, 2.24) is 0 Å². The molecule has 0 heterocycles.